The fraction of sp³-hybridized carbons (Fsp3) is 0.400. The molecule has 2 aromatic carbocycles. The van der Waals surface area contributed by atoms with Crippen LogP contribution in [-0.4, -0.2) is 19.2 Å². The molecule has 0 aliphatic heterocycles. The molecular formula is C25H30Cl2O4. The van der Waals surface area contributed by atoms with Crippen molar-refractivity contribution in [1.82, 2.24) is 0 Å². The molecule has 0 radical (unpaired) electrons. The standard InChI is InChI=1S/C21H20Cl2O3.C4H10O/c1-21(2)17(12-18(22)23)19(21)20(24)25-13-14-7-6-10-16(11-14)26-15-8-4-3-5-9-15;1-3-5-4-2/h3-12,17,19H,13H2,1-2H3;3-4H2,1-2H3. The highest BCUT2D eigenvalue weighted by atomic mass is 35.5. The van der Waals surface area contributed by atoms with E-state index in [1.165, 1.54) is 0 Å². The number of halogens is 2. The van der Waals surface area contributed by atoms with E-state index < -0.39 is 0 Å². The molecule has 1 saturated carbocycles. The number of benzene rings is 2. The lowest BCUT2D eigenvalue weighted by molar-refractivity contribution is -0.147. The van der Waals surface area contributed by atoms with Crippen LogP contribution in [-0.2, 0) is 20.9 Å². The van der Waals surface area contributed by atoms with Crippen molar-refractivity contribution >= 4 is 29.2 Å². The average molecular weight is 465 g/mol. The Kier molecular flexibility index (Phi) is 9.89. The Morgan fingerprint density at radius 1 is 1.00 bits per heavy atom. The molecule has 168 valence electrons. The molecule has 0 heterocycles. The Morgan fingerprint density at radius 2 is 1.65 bits per heavy atom. The van der Waals surface area contributed by atoms with E-state index in [0.717, 1.165) is 24.5 Å². The Bertz CT molecular complexity index is 859. The zero-order valence-electron chi connectivity index (χ0n) is 18.4. The molecule has 1 aliphatic carbocycles. The number of rotatable bonds is 8. The summed E-state index contributed by atoms with van der Waals surface area (Å²) in [5, 5.41) is 0. The Labute approximate surface area is 195 Å². The molecule has 0 aromatic heterocycles. The predicted molar refractivity (Wildman–Crippen MR) is 125 cm³/mol. The van der Waals surface area contributed by atoms with Gasteiger partial charge in [-0.15, -0.1) is 0 Å². The van der Waals surface area contributed by atoms with E-state index in [2.05, 4.69) is 0 Å². The van der Waals surface area contributed by atoms with E-state index in [-0.39, 0.29) is 34.3 Å². The van der Waals surface area contributed by atoms with Gasteiger partial charge in [-0.05, 0) is 61.1 Å². The van der Waals surface area contributed by atoms with E-state index in [4.69, 9.17) is 37.4 Å². The van der Waals surface area contributed by atoms with E-state index >= 15 is 0 Å². The first-order valence-corrected chi connectivity index (χ1v) is 11.1. The molecule has 0 saturated heterocycles. The highest BCUT2D eigenvalue weighted by Crippen LogP contribution is 2.60. The fourth-order valence-electron chi connectivity index (χ4n) is 3.35. The Balaban J connectivity index is 0.000000614. The van der Waals surface area contributed by atoms with Crippen LogP contribution in [0.2, 0.25) is 0 Å². The number of para-hydroxylation sites is 1. The third-order valence-corrected chi connectivity index (χ3v) is 5.39. The largest absolute Gasteiger partial charge is 0.461 e. The van der Waals surface area contributed by atoms with Crippen LogP contribution in [0.3, 0.4) is 0 Å². The quantitative estimate of drug-likeness (QED) is 0.388. The lowest BCUT2D eigenvalue weighted by atomic mass is 10.1. The smallest absolute Gasteiger partial charge is 0.310 e. The highest BCUT2D eigenvalue weighted by Gasteiger charge is 2.61. The van der Waals surface area contributed by atoms with Crippen molar-refractivity contribution in [3.8, 4) is 11.5 Å². The van der Waals surface area contributed by atoms with Gasteiger partial charge in [0.25, 0.3) is 0 Å². The third kappa shape index (κ3) is 7.88. The van der Waals surface area contributed by atoms with Gasteiger partial charge in [-0.2, -0.15) is 0 Å². The number of allylic oxidation sites excluding steroid dienone is 1. The number of ether oxygens (including phenoxy) is 3. The van der Waals surface area contributed by atoms with Gasteiger partial charge >= 0.3 is 5.97 Å². The molecule has 0 amide bonds. The second-order valence-corrected chi connectivity index (χ2v) is 8.74. The van der Waals surface area contributed by atoms with Gasteiger partial charge < -0.3 is 14.2 Å². The second kappa shape index (κ2) is 12.1. The molecule has 4 nitrogen and oxygen atoms in total. The summed E-state index contributed by atoms with van der Waals surface area (Å²) in [5.74, 6) is 1.01. The summed E-state index contributed by atoms with van der Waals surface area (Å²) >= 11 is 11.5. The summed E-state index contributed by atoms with van der Waals surface area (Å²) in [4.78, 5) is 12.4. The van der Waals surface area contributed by atoms with Crippen LogP contribution in [0.25, 0.3) is 0 Å². The van der Waals surface area contributed by atoms with Crippen LogP contribution in [0.5, 0.6) is 11.5 Å². The van der Waals surface area contributed by atoms with Crippen LogP contribution in [0.1, 0.15) is 33.3 Å². The molecule has 2 aromatic rings. The van der Waals surface area contributed by atoms with Crippen molar-refractivity contribution in [3.05, 3.63) is 70.7 Å². The van der Waals surface area contributed by atoms with Crippen molar-refractivity contribution < 1.29 is 19.0 Å². The van der Waals surface area contributed by atoms with Gasteiger partial charge in [-0.3, -0.25) is 4.79 Å². The molecule has 1 fully saturated rings. The molecule has 3 rings (SSSR count). The zero-order chi connectivity index (χ0) is 22.9. The molecule has 0 N–H and O–H groups in total. The maximum Gasteiger partial charge on any atom is 0.310 e. The summed E-state index contributed by atoms with van der Waals surface area (Å²) in [7, 11) is 0. The monoisotopic (exact) mass is 464 g/mol. The molecule has 0 spiro atoms. The van der Waals surface area contributed by atoms with Gasteiger partial charge in [0.15, 0.2) is 0 Å². The van der Waals surface area contributed by atoms with Gasteiger partial charge in [0.05, 0.1) is 5.92 Å². The predicted octanol–water partition coefficient (Wildman–Crippen LogP) is 7.16. The molecule has 2 atom stereocenters. The van der Waals surface area contributed by atoms with Crippen molar-refractivity contribution in [2.45, 2.75) is 34.3 Å². The first-order chi connectivity index (χ1) is 14.8. The van der Waals surface area contributed by atoms with Crippen molar-refractivity contribution in [2.24, 2.45) is 17.3 Å². The third-order valence-electron chi connectivity index (χ3n) is 5.14. The van der Waals surface area contributed by atoms with E-state index in [9.17, 15) is 4.79 Å². The normalized spacial score (nSPS) is 18.3. The maximum absolute atomic E-state index is 12.4. The van der Waals surface area contributed by atoms with Crippen LogP contribution in [0.15, 0.2) is 65.2 Å². The molecule has 1 aliphatic rings. The summed E-state index contributed by atoms with van der Waals surface area (Å²) in [6.45, 7) is 9.87. The first kappa shape index (κ1) is 25.3. The highest BCUT2D eigenvalue weighted by molar-refractivity contribution is 6.55. The lowest BCUT2D eigenvalue weighted by Gasteiger charge is -2.09. The average Bonchev–Trinajstić information content (AvgIpc) is 3.27. The minimum atomic E-state index is -0.236. The van der Waals surface area contributed by atoms with Gasteiger partial charge in [0, 0.05) is 13.2 Å². The summed E-state index contributed by atoms with van der Waals surface area (Å²) in [5.41, 5.74) is 0.678. The topological polar surface area (TPSA) is 44.8 Å². The van der Waals surface area contributed by atoms with Crippen molar-refractivity contribution in [3.63, 3.8) is 0 Å². The van der Waals surface area contributed by atoms with Crippen molar-refractivity contribution in [1.29, 1.82) is 0 Å². The van der Waals surface area contributed by atoms with Gasteiger partial charge in [-0.25, -0.2) is 0 Å². The van der Waals surface area contributed by atoms with Gasteiger partial charge in [-0.1, -0.05) is 67.4 Å². The number of carbonyl (C=O) groups is 1. The van der Waals surface area contributed by atoms with E-state index in [0.29, 0.717) is 5.75 Å². The lowest BCUT2D eigenvalue weighted by Crippen LogP contribution is -2.10. The number of esters is 1. The first-order valence-electron chi connectivity index (χ1n) is 10.4. The van der Waals surface area contributed by atoms with Crippen LogP contribution >= 0.6 is 23.2 Å². The van der Waals surface area contributed by atoms with E-state index in [1.807, 2.05) is 82.3 Å². The SMILES string of the molecule is CC1(C)C(C=C(Cl)Cl)C1C(=O)OCc1cccc(Oc2ccccc2)c1.CCOCC. The minimum absolute atomic E-state index is 0.00717. The minimum Gasteiger partial charge on any atom is -0.461 e. The number of hydrogen-bond donors (Lipinski definition) is 0. The zero-order valence-corrected chi connectivity index (χ0v) is 20.0. The molecule has 2 unspecified atom stereocenters. The van der Waals surface area contributed by atoms with Crippen molar-refractivity contribution in [2.75, 3.05) is 13.2 Å². The Hall–Kier alpha value is -2.01. The molecule has 0 bridgehead atoms. The number of hydrogen-bond acceptors (Lipinski definition) is 4. The second-order valence-electron chi connectivity index (χ2n) is 7.73. The molecule has 31 heavy (non-hydrogen) atoms. The number of carbonyl (C=O) groups excluding carboxylic acids is 1. The molecular weight excluding hydrogens is 435 g/mol. The summed E-state index contributed by atoms with van der Waals surface area (Å²) in [6, 6.07) is 17.0. The van der Waals surface area contributed by atoms with Gasteiger partial charge in [0.1, 0.15) is 22.6 Å². The fourth-order valence-corrected chi connectivity index (χ4v) is 3.62. The maximum atomic E-state index is 12.4. The van der Waals surface area contributed by atoms with Crippen LogP contribution < -0.4 is 4.74 Å². The van der Waals surface area contributed by atoms with E-state index in [1.54, 1.807) is 6.08 Å². The van der Waals surface area contributed by atoms with Gasteiger partial charge in [0.2, 0.25) is 0 Å². The van der Waals surface area contributed by atoms with Crippen LogP contribution in [0, 0.1) is 17.3 Å². The molecule has 6 heteroatoms. The summed E-state index contributed by atoms with van der Waals surface area (Å²) in [6.07, 6.45) is 1.71. The van der Waals surface area contributed by atoms with Crippen LogP contribution in [0.4, 0.5) is 0 Å². The Morgan fingerprint density at radius 3 is 2.23 bits per heavy atom. The summed E-state index contributed by atoms with van der Waals surface area (Å²) < 4.78 is 16.3.